The maximum Gasteiger partial charge on any atom is 0.259 e. The van der Waals surface area contributed by atoms with Crippen molar-refractivity contribution >= 4 is 45.8 Å². The van der Waals surface area contributed by atoms with Gasteiger partial charge < -0.3 is 14.5 Å². The van der Waals surface area contributed by atoms with Gasteiger partial charge in [0.25, 0.3) is 5.56 Å². The van der Waals surface area contributed by atoms with Crippen molar-refractivity contribution in [3.8, 4) is 17.3 Å². The third-order valence-corrected chi connectivity index (χ3v) is 7.04. The minimum absolute atomic E-state index is 0. The Kier molecular flexibility index (Phi) is 5.66. The number of aromatic nitrogens is 3. The molecule has 0 saturated carbocycles. The molecule has 0 amide bonds. The highest BCUT2D eigenvalue weighted by Gasteiger charge is 2.33. The summed E-state index contributed by atoms with van der Waals surface area (Å²) in [5.74, 6) is 1.20. The molecule has 4 aromatic rings. The Morgan fingerprint density at radius 3 is 2.97 bits per heavy atom. The van der Waals surface area contributed by atoms with Crippen molar-refractivity contribution in [3.63, 3.8) is 0 Å². The lowest BCUT2D eigenvalue weighted by atomic mass is 10.1. The zero-order valence-corrected chi connectivity index (χ0v) is 19.4. The first-order valence-electron chi connectivity index (χ1n) is 10.5. The first-order valence-corrected chi connectivity index (χ1v) is 11.4. The number of aromatic amines is 1. The second-order valence-corrected chi connectivity index (χ2v) is 9.24. The quantitative estimate of drug-likeness (QED) is 0.494. The van der Waals surface area contributed by atoms with Crippen molar-refractivity contribution in [1.82, 2.24) is 19.9 Å². The van der Waals surface area contributed by atoms with Gasteiger partial charge in [-0.15, -0.1) is 11.3 Å². The van der Waals surface area contributed by atoms with Gasteiger partial charge in [-0.05, 0) is 53.9 Å². The van der Waals surface area contributed by atoms with Gasteiger partial charge in [0.2, 0.25) is 0 Å². The van der Waals surface area contributed by atoms with Crippen LogP contribution in [-0.4, -0.2) is 58.3 Å². The number of hydrogen-bond donors (Lipinski definition) is 1. The maximum atomic E-state index is 12.9. The van der Waals surface area contributed by atoms with Gasteiger partial charge in [-0.25, -0.2) is 4.98 Å². The number of hydrogen-bond acceptors (Lipinski definition) is 7. The molecule has 2 aliphatic heterocycles. The molecule has 2 aliphatic rings. The molecule has 5 heterocycles. The molecule has 3 aromatic heterocycles. The van der Waals surface area contributed by atoms with Gasteiger partial charge in [-0.2, -0.15) is 13.5 Å². The summed E-state index contributed by atoms with van der Waals surface area (Å²) in [6.45, 7) is 5.53. The van der Waals surface area contributed by atoms with Crippen LogP contribution in [0.1, 0.15) is 12.0 Å². The summed E-state index contributed by atoms with van der Waals surface area (Å²) in [7, 11) is 0. The average Bonchev–Trinajstić information content (AvgIpc) is 3.36. The van der Waals surface area contributed by atoms with Crippen LogP contribution in [0.4, 0.5) is 0 Å². The number of thiophene rings is 1. The SMILES string of the molecule is Cc1cc(O[C@H]2CCN(C3COC3)C2)cc2c(=O)[nH]c(-c3cc4ccsc4cn3)nc12.S. The molecule has 0 unspecified atom stereocenters. The summed E-state index contributed by atoms with van der Waals surface area (Å²) >= 11 is 1.64. The van der Waals surface area contributed by atoms with E-state index in [2.05, 4.69) is 14.9 Å². The van der Waals surface area contributed by atoms with Crippen LogP contribution in [0.3, 0.4) is 0 Å². The Labute approximate surface area is 195 Å². The maximum absolute atomic E-state index is 12.9. The largest absolute Gasteiger partial charge is 0.489 e. The molecule has 1 aromatic carbocycles. The van der Waals surface area contributed by atoms with E-state index in [4.69, 9.17) is 14.5 Å². The number of rotatable bonds is 4. The number of benzene rings is 1. The predicted molar refractivity (Wildman–Crippen MR) is 131 cm³/mol. The van der Waals surface area contributed by atoms with Crippen LogP contribution in [0, 0.1) is 6.92 Å². The molecule has 32 heavy (non-hydrogen) atoms. The van der Waals surface area contributed by atoms with Crippen LogP contribution < -0.4 is 10.3 Å². The van der Waals surface area contributed by atoms with E-state index in [-0.39, 0.29) is 25.2 Å². The molecule has 7 nitrogen and oxygen atoms in total. The summed E-state index contributed by atoms with van der Waals surface area (Å²) in [6, 6.07) is 8.31. The number of pyridine rings is 1. The van der Waals surface area contributed by atoms with Crippen molar-refractivity contribution in [1.29, 1.82) is 0 Å². The minimum Gasteiger partial charge on any atom is -0.489 e. The summed E-state index contributed by atoms with van der Waals surface area (Å²) in [5.41, 5.74) is 2.08. The monoisotopic (exact) mass is 468 g/mol. The van der Waals surface area contributed by atoms with Crippen molar-refractivity contribution in [2.75, 3.05) is 26.3 Å². The van der Waals surface area contributed by atoms with E-state index in [1.807, 2.05) is 42.8 Å². The summed E-state index contributed by atoms with van der Waals surface area (Å²) in [5, 5.41) is 3.66. The molecule has 9 heteroatoms. The van der Waals surface area contributed by atoms with Crippen molar-refractivity contribution in [3.05, 3.63) is 51.8 Å². The molecule has 2 fully saturated rings. The highest BCUT2D eigenvalue weighted by Crippen LogP contribution is 2.28. The zero-order valence-electron chi connectivity index (χ0n) is 17.6. The second-order valence-electron chi connectivity index (χ2n) is 8.29. The molecule has 0 bridgehead atoms. The van der Waals surface area contributed by atoms with Gasteiger partial charge in [0.05, 0.1) is 34.9 Å². The standard InChI is InChI=1S/C23H22N4O3S.H2S/c1-13-6-17(30-16-2-4-27(10-16)15-11-29-12-15)8-18-21(13)25-22(26-23(18)28)19-7-14-3-5-31-20(14)9-24-19;/h3,5-9,15-16H,2,4,10-12H2,1H3,(H,25,26,28);1H2/t16-;/m0./s1. The molecule has 166 valence electrons. The van der Waals surface area contributed by atoms with E-state index in [1.165, 1.54) is 0 Å². The second kappa shape index (κ2) is 8.47. The van der Waals surface area contributed by atoms with Crippen LogP contribution in [0.5, 0.6) is 5.75 Å². The molecule has 0 spiro atoms. The fourth-order valence-corrected chi connectivity index (χ4v) is 5.12. The number of aryl methyl sites for hydroxylation is 1. The molecule has 1 atom stereocenters. The number of fused-ring (bicyclic) bond motifs is 2. The van der Waals surface area contributed by atoms with Gasteiger partial charge in [0.1, 0.15) is 17.5 Å². The Balaban J connectivity index is 0.00000216. The third kappa shape index (κ3) is 3.79. The van der Waals surface area contributed by atoms with Crippen LogP contribution in [0.15, 0.2) is 40.6 Å². The lowest BCUT2D eigenvalue weighted by molar-refractivity contribution is -0.0592. The Bertz CT molecular complexity index is 1350. The lowest BCUT2D eigenvalue weighted by Gasteiger charge is -2.34. The molecular formula is C23H24N4O3S2. The van der Waals surface area contributed by atoms with Gasteiger partial charge in [0, 0.05) is 19.3 Å². The summed E-state index contributed by atoms with van der Waals surface area (Å²) < 4.78 is 12.7. The molecule has 6 rings (SSSR count). The topological polar surface area (TPSA) is 80.3 Å². The number of likely N-dealkylation sites (tertiary alicyclic amines) is 1. The number of ether oxygens (including phenoxy) is 2. The highest BCUT2D eigenvalue weighted by molar-refractivity contribution is 7.59. The lowest BCUT2D eigenvalue weighted by Crippen LogP contribution is -2.48. The van der Waals surface area contributed by atoms with Crippen molar-refractivity contribution < 1.29 is 9.47 Å². The summed E-state index contributed by atoms with van der Waals surface area (Å²) in [6.07, 6.45) is 2.94. The Morgan fingerprint density at radius 2 is 2.16 bits per heavy atom. The average molecular weight is 469 g/mol. The minimum atomic E-state index is -0.180. The molecular weight excluding hydrogens is 444 g/mol. The molecule has 2 saturated heterocycles. The third-order valence-electron chi connectivity index (χ3n) is 6.17. The molecule has 0 aliphatic carbocycles. The smallest absolute Gasteiger partial charge is 0.259 e. The fourth-order valence-electron chi connectivity index (χ4n) is 4.38. The van der Waals surface area contributed by atoms with Crippen LogP contribution in [0.2, 0.25) is 0 Å². The van der Waals surface area contributed by atoms with Gasteiger partial charge >= 0.3 is 0 Å². The highest BCUT2D eigenvalue weighted by atomic mass is 32.1. The number of H-pyrrole nitrogens is 1. The number of nitrogens with zero attached hydrogens (tertiary/aromatic N) is 3. The Morgan fingerprint density at radius 1 is 1.28 bits per heavy atom. The van der Waals surface area contributed by atoms with Gasteiger partial charge in [-0.1, -0.05) is 0 Å². The molecule has 0 radical (unpaired) electrons. The van der Waals surface area contributed by atoms with Crippen molar-refractivity contribution in [2.45, 2.75) is 25.5 Å². The van der Waals surface area contributed by atoms with E-state index in [9.17, 15) is 4.79 Å². The van der Waals surface area contributed by atoms with E-state index >= 15 is 0 Å². The normalized spacial score (nSPS) is 19.2. The van der Waals surface area contributed by atoms with E-state index in [0.717, 1.165) is 54.1 Å². The predicted octanol–water partition coefficient (Wildman–Crippen LogP) is 3.47. The van der Waals surface area contributed by atoms with Crippen LogP contribution in [0.25, 0.3) is 32.5 Å². The fraction of sp³-hybridized carbons (Fsp3) is 0.348. The van der Waals surface area contributed by atoms with Crippen LogP contribution >= 0.6 is 24.8 Å². The summed E-state index contributed by atoms with van der Waals surface area (Å²) in [4.78, 5) is 27.5. The van der Waals surface area contributed by atoms with E-state index < -0.39 is 0 Å². The Hall–Kier alpha value is -2.46. The van der Waals surface area contributed by atoms with Gasteiger partial charge in [-0.3, -0.25) is 14.7 Å². The first kappa shape index (κ1) is 21.4. The number of nitrogens with one attached hydrogen (secondary N) is 1. The zero-order chi connectivity index (χ0) is 20.9. The van der Waals surface area contributed by atoms with E-state index in [1.54, 1.807) is 11.3 Å². The van der Waals surface area contributed by atoms with Gasteiger partial charge in [0.15, 0.2) is 5.82 Å². The van der Waals surface area contributed by atoms with Crippen molar-refractivity contribution in [2.24, 2.45) is 0 Å². The van der Waals surface area contributed by atoms with Crippen LogP contribution in [-0.2, 0) is 4.74 Å². The molecule has 1 N–H and O–H groups in total. The van der Waals surface area contributed by atoms with E-state index in [0.29, 0.717) is 28.5 Å². The first-order chi connectivity index (χ1) is 15.1.